The molecule has 0 atom stereocenters. The molecule has 0 aliphatic carbocycles. The molecule has 0 unspecified atom stereocenters. The largest absolute Gasteiger partial charge is 0.397 e. The first-order valence-electron chi connectivity index (χ1n) is 4.71. The second-order valence-corrected chi connectivity index (χ2v) is 3.92. The number of halogens is 2. The van der Waals surface area contributed by atoms with Crippen LogP contribution in [0.3, 0.4) is 0 Å². The minimum absolute atomic E-state index is 0.424. The van der Waals surface area contributed by atoms with Crippen molar-refractivity contribution in [3.05, 3.63) is 33.8 Å². The number of nitrogens with one attached hydrogen (secondary N) is 1. The Kier molecular flexibility index (Phi) is 4.95. The Hall–Kier alpha value is -0.700. The van der Waals surface area contributed by atoms with Crippen molar-refractivity contribution in [2.45, 2.75) is 6.42 Å². The zero-order valence-electron chi connectivity index (χ0n) is 8.56. The maximum Gasteiger partial charge on any atom is 0.0827 e. The van der Waals surface area contributed by atoms with Crippen LogP contribution in [0.4, 0.5) is 5.69 Å². The summed E-state index contributed by atoms with van der Waals surface area (Å²) in [5.74, 6) is 0. The van der Waals surface area contributed by atoms with Crippen LogP contribution in [0.1, 0.15) is 12.0 Å². The molecule has 3 N–H and O–H groups in total. The van der Waals surface area contributed by atoms with Crippen molar-refractivity contribution in [3.8, 4) is 0 Å². The van der Waals surface area contributed by atoms with Gasteiger partial charge >= 0.3 is 0 Å². The summed E-state index contributed by atoms with van der Waals surface area (Å²) in [5.41, 5.74) is 7.02. The zero-order valence-corrected chi connectivity index (χ0v) is 10.1. The molecule has 0 fully saturated rings. The van der Waals surface area contributed by atoms with Gasteiger partial charge in [0.1, 0.15) is 0 Å². The Morgan fingerprint density at radius 1 is 1.33 bits per heavy atom. The third-order valence-corrected chi connectivity index (χ3v) is 2.91. The highest BCUT2D eigenvalue weighted by molar-refractivity contribution is 6.44. The van der Waals surface area contributed by atoms with Crippen molar-refractivity contribution in [2.75, 3.05) is 19.3 Å². The third-order valence-electron chi connectivity index (χ3n) is 2.00. The van der Waals surface area contributed by atoms with Gasteiger partial charge < -0.3 is 11.1 Å². The first-order valence-corrected chi connectivity index (χ1v) is 5.47. The highest BCUT2D eigenvalue weighted by Crippen LogP contribution is 2.31. The molecule has 15 heavy (non-hydrogen) atoms. The molecule has 0 radical (unpaired) electrons. The lowest BCUT2D eigenvalue weighted by Crippen LogP contribution is -2.05. The molecule has 1 rings (SSSR count). The Morgan fingerprint density at radius 3 is 2.73 bits per heavy atom. The third kappa shape index (κ3) is 3.42. The molecule has 0 aromatic heterocycles. The maximum atomic E-state index is 6.03. The van der Waals surface area contributed by atoms with E-state index in [0.29, 0.717) is 15.7 Å². The molecule has 1 aromatic carbocycles. The number of anilines is 1. The summed E-state index contributed by atoms with van der Waals surface area (Å²) in [5, 5.41) is 3.99. The van der Waals surface area contributed by atoms with E-state index in [1.807, 2.05) is 25.3 Å². The van der Waals surface area contributed by atoms with E-state index in [4.69, 9.17) is 28.9 Å². The summed E-state index contributed by atoms with van der Waals surface area (Å²) in [4.78, 5) is 0. The monoisotopic (exact) mass is 244 g/mol. The lowest BCUT2D eigenvalue weighted by molar-refractivity contribution is 0.809. The van der Waals surface area contributed by atoms with Crippen molar-refractivity contribution in [3.63, 3.8) is 0 Å². The van der Waals surface area contributed by atoms with E-state index in [1.165, 1.54) is 0 Å². The molecular formula is C11H14Cl2N2. The molecule has 0 bridgehead atoms. The van der Waals surface area contributed by atoms with Gasteiger partial charge in [-0.15, -0.1) is 0 Å². The fourth-order valence-corrected chi connectivity index (χ4v) is 1.55. The van der Waals surface area contributed by atoms with Gasteiger partial charge in [0.25, 0.3) is 0 Å². The Balaban J connectivity index is 2.78. The van der Waals surface area contributed by atoms with Crippen molar-refractivity contribution < 1.29 is 0 Å². The number of hydrogen-bond donors (Lipinski definition) is 2. The number of nitrogens with two attached hydrogens (primary N) is 1. The molecule has 4 heteroatoms. The lowest BCUT2D eigenvalue weighted by Gasteiger charge is -2.03. The van der Waals surface area contributed by atoms with Gasteiger partial charge in [0.15, 0.2) is 0 Å². The summed E-state index contributed by atoms with van der Waals surface area (Å²) in [6, 6.07) is 3.62. The van der Waals surface area contributed by atoms with Gasteiger partial charge in [-0.05, 0) is 31.6 Å². The van der Waals surface area contributed by atoms with Crippen molar-refractivity contribution in [1.82, 2.24) is 5.32 Å². The van der Waals surface area contributed by atoms with Crippen LogP contribution in [-0.4, -0.2) is 13.6 Å². The standard InChI is InChI=1S/C11H14Cl2N2/c1-15-7-3-2-4-8-5-6-9(14)11(13)10(8)12/h2,4-6,15H,3,7,14H2,1H3. The van der Waals surface area contributed by atoms with Crippen LogP contribution < -0.4 is 11.1 Å². The van der Waals surface area contributed by atoms with Crippen LogP contribution in [0.5, 0.6) is 0 Å². The molecule has 1 aromatic rings. The molecule has 2 nitrogen and oxygen atoms in total. The van der Waals surface area contributed by atoms with E-state index >= 15 is 0 Å². The predicted molar refractivity (Wildman–Crippen MR) is 68.5 cm³/mol. The summed E-state index contributed by atoms with van der Waals surface area (Å²) in [7, 11) is 1.92. The SMILES string of the molecule is CNCCC=Cc1ccc(N)c(Cl)c1Cl. The van der Waals surface area contributed by atoms with E-state index < -0.39 is 0 Å². The van der Waals surface area contributed by atoms with Crippen molar-refractivity contribution >= 4 is 35.0 Å². The lowest BCUT2D eigenvalue weighted by atomic mass is 10.2. The number of nitrogen functional groups attached to an aromatic ring is 1. The van der Waals surface area contributed by atoms with Crippen molar-refractivity contribution in [1.29, 1.82) is 0 Å². The first-order chi connectivity index (χ1) is 7.16. The van der Waals surface area contributed by atoms with E-state index in [0.717, 1.165) is 18.5 Å². The molecule has 0 saturated heterocycles. The van der Waals surface area contributed by atoms with Gasteiger partial charge in [-0.3, -0.25) is 0 Å². The van der Waals surface area contributed by atoms with Gasteiger partial charge in [0.2, 0.25) is 0 Å². The Bertz CT molecular complexity index is 362. The molecule has 0 aliphatic heterocycles. The normalized spacial score (nSPS) is 11.1. The number of hydrogen-bond acceptors (Lipinski definition) is 2. The molecule has 0 amide bonds. The Labute approximate surface area is 100 Å². The second kappa shape index (κ2) is 6.01. The van der Waals surface area contributed by atoms with Gasteiger partial charge in [0, 0.05) is 0 Å². The van der Waals surface area contributed by atoms with E-state index in [9.17, 15) is 0 Å². The van der Waals surface area contributed by atoms with Crippen LogP contribution in [0.25, 0.3) is 6.08 Å². The van der Waals surface area contributed by atoms with Crippen LogP contribution in [0.2, 0.25) is 10.0 Å². The fraction of sp³-hybridized carbons (Fsp3) is 0.273. The van der Waals surface area contributed by atoms with E-state index in [1.54, 1.807) is 6.07 Å². The summed E-state index contributed by atoms with van der Waals surface area (Å²) >= 11 is 12.0. The smallest absolute Gasteiger partial charge is 0.0827 e. The summed E-state index contributed by atoms with van der Waals surface area (Å²) in [6.07, 6.45) is 4.95. The van der Waals surface area contributed by atoms with Crippen LogP contribution in [-0.2, 0) is 0 Å². The Morgan fingerprint density at radius 2 is 2.07 bits per heavy atom. The highest BCUT2D eigenvalue weighted by Gasteiger charge is 2.04. The average Bonchev–Trinajstić information content (AvgIpc) is 2.24. The summed E-state index contributed by atoms with van der Waals surface area (Å²) < 4.78 is 0. The van der Waals surface area contributed by atoms with Crippen LogP contribution in [0, 0.1) is 0 Å². The van der Waals surface area contributed by atoms with Gasteiger partial charge in [-0.1, -0.05) is 41.4 Å². The highest BCUT2D eigenvalue weighted by atomic mass is 35.5. The fourth-order valence-electron chi connectivity index (χ4n) is 1.15. The predicted octanol–water partition coefficient (Wildman–Crippen LogP) is 3.20. The topological polar surface area (TPSA) is 38.0 Å². The molecule has 0 heterocycles. The maximum absolute atomic E-state index is 6.03. The minimum Gasteiger partial charge on any atom is -0.397 e. The first kappa shape index (κ1) is 12.4. The quantitative estimate of drug-likeness (QED) is 0.631. The van der Waals surface area contributed by atoms with Gasteiger partial charge in [0.05, 0.1) is 15.7 Å². The van der Waals surface area contributed by atoms with Gasteiger partial charge in [-0.25, -0.2) is 0 Å². The van der Waals surface area contributed by atoms with Crippen molar-refractivity contribution in [2.24, 2.45) is 0 Å². The molecular weight excluding hydrogens is 231 g/mol. The van der Waals surface area contributed by atoms with E-state index in [2.05, 4.69) is 5.32 Å². The van der Waals surface area contributed by atoms with E-state index in [-0.39, 0.29) is 0 Å². The van der Waals surface area contributed by atoms with Crippen LogP contribution in [0.15, 0.2) is 18.2 Å². The molecule has 0 aliphatic rings. The second-order valence-electron chi connectivity index (χ2n) is 3.17. The number of rotatable bonds is 4. The zero-order chi connectivity index (χ0) is 11.3. The molecule has 0 saturated carbocycles. The number of benzene rings is 1. The average molecular weight is 245 g/mol. The molecule has 0 spiro atoms. The van der Waals surface area contributed by atoms with Crippen LogP contribution >= 0.6 is 23.2 Å². The van der Waals surface area contributed by atoms with Gasteiger partial charge in [-0.2, -0.15) is 0 Å². The molecule has 82 valence electrons. The minimum atomic E-state index is 0.424. The summed E-state index contributed by atoms with van der Waals surface area (Å²) in [6.45, 7) is 0.941.